The van der Waals surface area contributed by atoms with E-state index < -0.39 is 20.0 Å². The van der Waals surface area contributed by atoms with Crippen molar-refractivity contribution < 1.29 is 37.3 Å². The van der Waals surface area contributed by atoms with Crippen LogP contribution >= 0.6 is 7.82 Å². The largest absolute Gasteiger partial charge is 0.756 e. The zero-order chi connectivity index (χ0) is 57.2. The van der Waals surface area contributed by atoms with Gasteiger partial charge in [-0.05, 0) is 57.4 Å². The van der Waals surface area contributed by atoms with Crippen molar-refractivity contribution >= 4 is 19.7 Å². The monoisotopic (exact) mass is 1120 g/mol. The minimum Gasteiger partial charge on any atom is -0.756 e. The lowest BCUT2D eigenvalue weighted by atomic mass is 10.0. The number of carbonyl (C=O) groups excluding carboxylic acids is 2. The Labute approximate surface area is 485 Å². The first kappa shape index (κ1) is 76.5. The van der Waals surface area contributed by atoms with E-state index in [1.165, 1.54) is 244 Å². The number of nitrogens with zero attached hydrogens (tertiary/aromatic N) is 1. The molecule has 0 fully saturated rings. The van der Waals surface area contributed by atoms with E-state index in [2.05, 4.69) is 38.2 Å². The average Bonchev–Trinajstić information content (AvgIpc) is 3.40. The fourth-order valence-electron chi connectivity index (χ4n) is 10.3. The van der Waals surface area contributed by atoms with Crippen molar-refractivity contribution in [3.05, 3.63) is 24.3 Å². The lowest BCUT2D eigenvalue weighted by molar-refractivity contribution is -0.870. The number of quaternary nitrogens is 1. The molecule has 0 saturated carbocycles. The number of hydrogen-bond donors (Lipinski definition) is 1. The number of phosphoric acid groups is 1. The van der Waals surface area contributed by atoms with E-state index in [1.807, 2.05) is 33.3 Å². The Bertz CT molecular complexity index is 1380. The summed E-state index contributed by atoms with van der Waals surface area (Å²) in [6.07, 6.45) is 70.2. The third-order valence-electron chi connectivity index (χ3n) is 15.6. The van der Waals surface area contributed by atoms with E-state index in [9.17, 15) is 19.0 Å². The fraction of sp³-hybridized carbons (Fsp3) is 0.912. The van der Waals surface area contributed by atoms with Crippen molar-refractivity contribution in [2.24, 2.45) is 0 Å². The highest BCUT2D eigenvalue weighted by molar-refractivity contribution is 7.45. The fourth-order valence-corrected chi connectivity index (χ4v) is 11.1. The lowest BCUT2D eigenvalue weighted by Gasteiger charge is -2.30. The Hall–Kier alpha value is -1.51. The molecule has 3 unspecified atom stereocenters. The standard InChI is InChI=1S/C68H133N2O7P/c1-7-10-13-16-19-22-25-28-30-31-32-33-34-35-36-37-38-39-40-42-45-48-51-54-57-60-67(71)69-65(64-76-78(73,74)75-63-62-70(4,5)6)66(59-56-53-50-47-44-41-27-24-21-18-15-12-9-3)77-68(72)61-58-55-52-49-46-43-29-26-23-20-17-14-11-8-2/h43,46,56,59,65-66H,7-42,44-45,47-55,57-58,60-64H2,1-6H3,(H-,69,71,73,74)/b46-43-,59-56-. The van der Waals surface area contributed by atoms with E-state index in [4.69, 9.17) is 13.8 Å². The van der Waals surface area contributed by atoms with Crippen LogP contribution in [0.15, 0.2) is 24.3 Å². The maximum Gasteiger partial charge on any atom is 0.306 e. The van der Waals surface area contributed by atoms with Crippen LogP contribution < -0.4 is 10.2 Å². The Morgan fingerprint density at radius 3 is 1.10 bits per heavy atom. The van der Waals surface area contributed by atoms with Gasteiger partial charge in [0.1, 0.15) is 19.3 Å². The average molecular weight is 1120 g/mol. The van der Waals surface area contributed by atoms with Crippen molar-refractivity contribution in [1.82, 2.24) is 5.32 Å². The highest BCUT2D eigenvalue weighted by Gasteiger charge is 2.27. The third kappa shape index (κ3) is 59.1. The molecule has 1 amide bonds. The number of likely N-dealkylation sites (N-methyl/N-ethyl adjacent to an activating group) is 1. The van der Waals surface area contributed by atoms with Gasteiger partial charge < -0.3 is 28.5 Å². The minimum absolute atomic E-state index is 0.0207. The first-order valence-corrected chi connectivity index (χ1v) is 35.6. The highest BCUT2D eigenvalue weighted by Crippen LogP contribution is 2.38. The third-order valence-corrected chi connectivity index (χ3v) is 16.6. The number of carbonyl (C=O) groups is 2. The lowest BCUT2D eigenvalue weighted by Crippen LogP contribution is -2.47. The molecule has 9 nitrogen and oxygen atoms in total. The van der Waals surface area contributed by atoms with Gasteiger partial charge >= 0.3 is 5.97 Å². The van der Waals surface area contributed by atoms with Crippen LogP contribution in [0, 0.1) is 0 Å². The number of allylic oxidation sites excluding steroid dienone is 3. The van der Waals surface area contributed by atoms with Gasteiger partial charge in [0.15, 0.2) is 0 Å². The van der Waals surface area contributed by atoms with Crippen molar-refractivity contribution in [1.29, 1.82) is 0 Å². The maximum absolute atomic E-state index is 13.6. The second-order valence-electron chi connectivity index (χ2n) is 24.7. The van der Waals surface area contributed by atoms with Crippen molar-refractivity contribution in [3.8, 4) is 0 Å². The molecule has 0 radical (unpaired) electrons. The molecule has 0 aliphatic carbocycles. The summed E-state index contributed by atoms with van der Waals surface area (Å²) in [5.74, 6) is -0.540. The van der Waals surface area contributed by atoms with Gasteiger partial charge in [0.05, 0.1) is 33.8 Å². The normalized spacial score (nSPS) is 13.7. The summed E-state index contributed by atoms with van der Waals surface area (Å²) in [6.45, 7) is 6.89. The summed E-state index contributed by atoms with van der Waals surface area (Å²) in [6, 6.07) is -0.889. The quantitative estimate of drug-likeness (QED) is 0.0212. The van der Waals surface area contributed by atoms with Gasteiger partial charge in [-0.2, -0.15) is 0 Å². The van der Waals surface area contributed by atoms with Crippen LogP contribution in [-0.2, 0) is 27.9 Å². The topological polar surface area (TPSA) is 114 Å². The predicted molar refractivity (Wildman–Crippen MR) is 335 cm³/mol. The molecule has 0 aliphatic heterocycles. The number of ether oxygens (including phenoxy) is 1. The molecular formula is C68H133N2O7P. The predicted octanol–water partition coefficient (Wildman–Crippen LogP) is 20.7. The summed E-state index contributed by atoms with van der Waals surface area (Å²) in [5.41, 5.74) is 0. The van der Waals surface area contributed by atoms with E-state index in [0.717, 1.165) is 64.2 Å². The van der Waals surface area contributed by atoms with Gasteiger partial charge in [-0.15, -0.1) is 0 Å². The van der Waals surface area contributed by atoms with Gasteiger partial charge in [0.25, 0.3) is 7.82 Å². The maximum atomic E-state index is 13.6. The molecule has 0 aliphatic rings. The Morgan fingerprint density at radius 1 is 0.436 bits per heavy atom. The molecule has 462 valence electrons. The number of esters is 1. The van der Waals surface area contributed by atoms with E-state index in [1.54, 1.807) is 0 Å². The smallest absolute Gasteiger partial charge is 0.306 e. The first-order chi connectivity index (χ1) is 37.9. The molecule has 0 spiro atoms. The summed E-state index contributed by atoms with van der Waals surface area (Å²) in [5, 5.41) is 3.04. The molecule has 0 aromatic rings. The molecule has 0 heterocycles. The van der Waals surface area contributed by atoms with Crippen molar-refractivity contribution in [2.45, 2.75) is 360 Å². The molecule has 0 aromatic heterocycles. The van der Waals surface area contributed by atoms with Gasteiger partial charge in [0, 0.05) is 12.8 Å². The van der Waals surface area contributed by atoms with Crippen molar-refractivity contribution in [3.63, 3.8) is 0 Å². The second-order valence-corrected chi connectivity index (χ2v) is 26.1. The second kappa shape index (κ2) is 58.7. The van der Waals surface area contributed by atoms with Gasteiger partial charge in [0.2, 0.25) is 5.91 Å². The summed E-state index contributed by atoms with van der Waals surface area (Å²) in [4.78, 5) is 40.1. The number of rotatable bonds is 63. The molecule has 0 aromatic carbocycles. The van der Waals surface area contributed by atoms with Crippen molar-refractivity contribution in [2.75, 3.05) is 40.9 Å². The Balaban J connectivity index is 5.05. The summed E-state index contributed by atoms with van der Waals surface area (Å²) in [7, 11) is 1.20. The number of nitrogens with one attached hydrogen (secondary N) is 1. The minimum atomic E-state index is -4.70. The number of phosphoric ester groups is 1. The summed E-state index contributed by atoms with van der Waals surface area (Å²) >= 11 is 0. The van der Waals surface area contributed by atoms with Gasteiger partial charge in [-0.1, -0.05) is 302 Å². The van der Waals surface area contributed by atoms with Gasteiger partial charge in [-0.25, -0.2) is 0 Å². The van der Waals surface area contributed by atoms with Gasteiger partial charge in [-0.3, -0.25) is 14.2 Å². The van der Waals surface area contributed by atoms with Crippen LogP contribution in [0.1, 0.15) is 348 Å². The molecule has 0 saturated heterocycles. The zero-order valence-corrected chi connectivity index (χ0v) is 53.8. The Kier molecular flexibility index (Phi) is 57.5. The van der Waals surface area contributed by atoms with Crippen LogP contribution in [0.3, 0.4) is 0 Å². The molecule has 0 rings (SSSR count). The highest BCUT2D eigenvalue weighted by atomic mass is 31.2. The van der Waals surface area contributed by atoms with Crippen LogP contribution in [0.2, 0.25) is 0 Å². The Morgan fingerprint density at radius 2 is 0.744 bits per heavy atom. The molecule has 10 heteroatoms. The molecule has 1 N–H and O–H groups in total. The number of amides is 1. The molecular weight excluding hydrogens is 988 g/mol. The summed E-state index contributed by atoms with van der Waals surface area (Å²) < 4.78 is 30.4. The van der Waals surface area contributed by atoms with Crippen LogP contribution in [0.4, 0.5) is 0 Å². The van der Waals surface area contributed by atoms with Crippen LogP contribution in [-0.4, -0.2) is 69.4 Å². The molecule has 3 atom stereocenters. The SMILES string of the molecule is CCCCCCCCC/C=C\CCCCCC(=O)OC(/C=C\CCCCCCCCCCCCC)C(COP(=O)([O-])OCC[N+](C)(C)C)NC(=O)CCCCCCCCCCCCCCCCCCCCCCCCCCC. The van der Waals surface area contributed by atoms with Crippen LogP contribution in [0.25, 0.3) is 0 Å². The number of unbranched alkanes of at least 4 members (excludes halogenated alkanes) is 45. The van der Waals surface area contributed by atoms with E-state index in [-0.39, 0.29) is 31.5 Å². The molecule has 0 bridgehead atoms. The van der Waals surface area contributed by atoms with E-state index in [0.29, 0.717) is 23.9 Å². The van der Waals surface area contributed by atoms with Crippen LogP contribution in [0.5, 0.6) is 0 Å². The number of hydrogen-bond acceptors (Lipinski definition) is 7. The first-order valence-electron chi connectivity index (χ1n) is 34.1. The van der Waals surface area contributed by atoms with E-state index >= 15 is 0 Å². The molecule has 78 heavy (non-hydrogen) atoms. The zero-order valence-electron chi connectivity index (χ0n) is 52.9.